The number of thioether (sulfide) groups is 1. The van der Waals surface area contributed by atoms with Gasteiger partial charge in [-0.15, -0.1) is 0 Å². The fraction of sp³-hybridized carbons (Fsp3) is 0.429. The molecule has 0 spiro atoms. The maximum absolute atomic E-state index is 12.0. The predicted octanol–water partition coefficient (Wildman–Crippen LogP) is 1.77. The SMILES string of the molecule is COCc1ccc(C(=O)N[C@H](CCSC)C(=O)O)cc1. The van der Waals surface area contributed by atoms with Gasteiger partial charge < -0.3 is 15.2 Å². The lowest BCUT2D eigenvalue weighted by atomic mass is 10.1. The number of amides is 1. The Hall–Kier alpha value is -1.53. The summed E-state index contributed by atoms with van der Waals surface area (Å²) in [4.78, 5) is 23.1. The molecule has 0 aliphatic heterocycles. The van der Waals surface area contributed by atoms with E-state index in [-0.39, 0.29) is 5.91 Å². The zero-order valence-electron chi connectivity index (χ0n) is 11.6. The molecule has 2 N–H and O–H groups in total. The van der Waals surface area contributed by atoms with E-state index in [9.17, 15) is 9.59 Å². The van der Waals surface area contributed by atoms with E-state index in [2.05, 4.69) is 5.32 Å². The Bertz CT molecular complexity index is 447. The molecular formula is C14H19NO4S. The Labute approximate surface area is 122 Å². The van der Waals surface area contributed by atoms with Crippen LogP contribution in [0.5, 0.6) is 0 Å². The van der Waals surface area contributed by atoms with Gasteiger partial charge in [0.15, 0.2) is 0 Å². The van der Waals surface area contributed by atoms with E-state index in [1.54, 1.807) is 43.1 Å². The number of ether oxygens (including phenoxy) is 1. The van der Waals surface area contributed by atoms with E-state index < -0.39 is 12.0 Å². The highest BCUT2D eigenvalue weighted by Crippen LogP contribution is 2.07. The first-order chi connectivity index (χ1) is 9.58. The van der Waals surface area contributed by atoms with Gasteiger partial charge in [0.2, 0.25) is 0 Å². The van der Waals surface area contributed by atoms with Gasteiger partial charge in [0, 0.05) is 12.7 Å². The summed E-state index contributed by atoms with van der Waals surface area (Å²) in [5.41, 5.74) is 1.40. The van der Waals surface area contributed by atoms with Crippen LogP contribution in [-0.4, -0.2) is 42.1 Å². The third kappa shape index (κ3) is 5.22. The zero-order chi connectivity index (χ0) is 15.0. The summed E-state index contributed by atoms with van der Waals surface area (Å²) < 4.78 is 4.99. The monoisotopic (exact) mass is 297 g/mol. The molecule has 0 aliphatic rings. The zero-order valence-corrected chi connectivity index (χ0v) is 12.4. The molecule has 0 saturated carbocycles. The van der Waals surface area contributed by atoms with Crippen LogP contribution in [0.25, 0.3) is 0 Å². The first kappa shape index (κ1) is 16.5. The third-order valence-corrected chi connectivity index (χ3v) is 3.39. The molecule has 1 rings (SSSR count). The number of carbonyl (C=O) groups is 2. The van der Waals surface area contributed by atoms with Crippen molar-refractivity contribution >= 4 is 23.6 Å². The first-order valence-electron chi connectivity index (χ1n) is 6.19. The van der Waals surface area contributed by atoms with E-state index in [1.165, 1.54) is 0 Å². The quantitative estimate of drug-likeness (QED) is 0.765. The summed E-state index contributed by atoms with van der Waals surface area (Å²) >= 11 is 1.55. The number of hydrogen-bond acceptors (Lipinski definition) is 4. The molecule has 1 amide bonds. The minimum atomic E-state index is -1.01. The lowest BCUT2D eigenvalue weighted by molar-refractivity contribution is -0.139. The maximum atomic E-state index is 12.0. The summed E-state index contributed by atoms with van der Waals surface area (Å²) in [5, 5.41) is 11.6. The van der Waals surface area contributed by atoms with Gasteiger partial charge in [-0.2, -0.15) is 11.8 Å². The van der Waals surface area contributed by atoms with Crippen molar-refractivity contribution in [2.24, 2.45) is 0 Å². The second-order valence-corrected chi connectivity index (χ2v) is 5.26. The normalized spacial score (nSPS) is 11.9. The fourth-order valence-corrected chi connectivity index (χ4v) is 2.13. The number of hydrogen-bond donors (Lipinski definition) is 2. The molecule has 0 fully saturated rings. The van der Waals surface area contributed by atoms with Gasteiger partial charge in [-0.1, -0.05) is 12.1 Å². The van der Waals surface area contributed by atoms with Gasteiger partial charge in [-0.05, 0) is 36.1 Å². The molecule has 0 aromatic heterocycles. The van der Waals surface area contributed by atoms with E-state index in [0.717, 1.165) is 5.56 Å². The van der Waals surface area contributed by atoms with Gasteiger partial charge in [0.1, 0.15) is 6.04 Å². The van der Waals surface area contributed by atoms with Crippen LogP contribution in [-0.2, 0) is 16.1 Å². The van der Waals surface area contributed by atoms with Crippen LogP contribution in [0.1, 0.15) is 22.3 Å². The van der Waals surface area contributed by atoms with Crippen LogP contribution in [0.15, 0.2) is 24.3 Å². The van der Waals surface area contributed by atoms with E-state index in [1.807, 2.05) is 6.26 Å². The van der Waals surface area contributed by atoms with Crippen molar-refractivity contribution < 1.29 is 19.4 Å². The molecule has 0 bridgehead atoms. The van der Waals surface area contributed by atoms with Crippen LogP contribution in [0.3, 0.4) is 0 Å². The standard InChI is InChI=1S/C14H19NO4S/c1-19-9-10-3-5-11(6-4-10)13(16)15-12(14(17)18)7-8-20-2/h3-6,12H,7-9H2,1-2H3,(H,15,16)(H,17,18)/t12-/m1/s1. The number of carbonyl (C=O) groups excluding carboxylic acids is 1. The lowest BCUT2D eigenvalue weighted by Gasteiger charge is -2.14. The van der Waals surface area contributed by atoms with E-state index >= 15 is 0 Å². The molecule has 110 valence electrons. The van der Waals surface area contributed by atoms with Gasteiger partial charge in [0.25, 0.3) is 5.91 Å². The van der Waals surface area contributed by atoms with E-state index in [4.69, 9.17) is 9.84 Å². The Morgan fingerprint density at radius 2 is 2.00 bits per heavy atom. The van der Waals surface area contributed by atoms with Gasteiger partial charge in [-0.3, -0.25) is 4.79 Å². The average Bonchev–Trinajstić information content (AvgIpc) is 2.44. The summed E-state index contributed by atoms with van der Waals surface area (Å²) in [6.07, 6.45) is 2.30. The minimum absolute atomic E-state index is 0.373. The second kappa shape index (κ2) is 8.60. The van der Waals surface area contributed by atoms with Gasteiger partial charge >= 0.3 is 5.97 Å². The van der Waals surface area contributed by atoms with Gasteiger partial charge in [0.05, 0.1) is 6.61 Å². The number of rotatable bonds is 8. The number of nitrogens with one attached hydrogen (secondary N) is 1. The van der Waals surface area contributed by atoms with Crippen LogP contribution in [0, 0.1) is 0 Å². The first-order valence-corrected chi connectivity index (χ1v) is 7.58. The van der Waals surface area contributed by atoms with Gasteiger partial charge in [-0.25, -0.2) is 4.79 Å². The Balaban J connectivity index is 2.65. The van der Waals surface area contributed by atoms with Crippen molar-refractivity contribution in [1.82, 2.24) is 5.32 Å². The number of aliphatic carboxylic acids is 1. The van der Waals surface area contributed by atoms with Crippen molar-refractivity contribution in [3.63, 3.8) is 0 Å². The maximum Gasteiger partial charge on any atom is 0.326 e. The minimum Gasteiger partial charge on any atom is -0.480 e. The Kier molecular flexibility index (Phi) is 7.11. The number of benzene rings is 1. The Morgan fingerprint density at radius 3 is 2.50 bits per heavy atom. The predicted molar refractivity (Wildman–Crippen MR) is 79.0 cm³/mol. The molecule has 0 aliphatic carbocycles. The molecule has 0 saturated heterocycles. The molecule has 1 aromatic rings. The summed E-state index contributed by atoms with van der Waals surface area (Å²) in [7, 11) is 1.60. The van der Waals surface area contributed by atoms with Crippen molar-refractivity contribution in [2.75, 3.05) is 19.1 Å². The van der Waals surface area contributed by atoms with E-state index in [0.29, 0.717) is 24.3 Å². The third-order valence-electron chi connectivity index (χ3n) is 2.74. The molecule has 1 atom stereocenters. The van der Waals surface area contributed by atoms with Crippen molar-refractivity contribution in [3.05, 3.63) is 35.4 Å². The topological polar surface area (TPSA) is 75.6 Å². The largest absolute Gasteiger partial charge is 0.480 e. The fourth-order valence-electron chi connectivity index (χ4n) is 1.65. The molecule has 0 radical (unpaired) electrons. The average molecular weight is 297 g/mol. The molecule has 1 aromatic carbocycles. The highest BCUT2D eigenvalue weighted by atomic mass is 32.2. The van der Waals surface area contributed by atoms with Crippen LogP contribution >= 0.6 is 11.8 Å². The highest BCUT2D eigenvalue weighted by molar-refractivity contribution is 7.98. The van der Waals surface area contributed by atoms with Crippen LogP contribution < -0.4 is 5.32 Å². The molecular weight excluding hydrogens is 278 g/mol. The van der Waals surface area contributed by atoms with Crippen molar-refractivity contribution in [1.29, 1.82) is 0 Å². The highest BCUT2D eigenvalue weighted by Gasteiger charge is 2.19. The van der Waals surface area contributed by atoms with Crippen molar-refractivity contribution in [2.45, 2.75) is 19.1 Å². The molecule has 20 heavy (non-hydrogen) atoms. The number of carboxylic acids is 1. The second-order valence-electron chi connectivity index (χ2n) is 4.28. The molecule has 6 heteroatoms. The Morgan fingerprint density at radius 1 is 1.35 bits per heavy atom. The number of carboxylic acid groups (broad SMARTS) is 1. The van der Waals surface area contributed by atoms with Crippen LogP contribution in [0.4, 0.5) is 0 Å². The molecule has 5 nitrogen and oxygen atoms in total. The summed E-state index contributed by atoms with van der Waals surface area (Å²) in [5.74, 6) is -0.699. The summed E-state index contributed by atoms with van der Waals surface area (Å²) in [6.45, 7) is 0.480. The number of methoxy groups -OCH3 is 1. The molecule has 0 heterocycles. The smallest absolute Gasteiger partial charge is 0.326 e. The summed E-state index contributed by atoms with van der Waals surface area (Å²) in [6, 6.07) is 6.05. The lowest BCUT2D eigenvalue weighted by Crippen LogP contribution is -2.41. The molecule has 0 unspecified atom stereocenters. The van der Waals surface area contributed by atoms with Crippen molar-refractivity contribution in [3.8, 4) is 0 Å². The van der Waals surface area contributed by atoms with Crippen LogP contribution in [0.2, 0.25) is 0 Å².